The number of hydrogen-bond acceptors (Lipinski definition) is 15. The summed E-state index contributed by atoms with van der Waals surface area (Å²) in [5.41, 5.74) is -3.48. The zero-order valence-corrected chi connectivity index (χ0v) is 25.5. The van der Waals surface area contributed by atoms with E-state index < -0.39 is 114 Å². The quantitative estimate of drug-likeness (QED) is 0.108. The fourth-order valence-corrected chi connectivity index (χ4v) is 10.6. The molecule has 7 aliphatic rings. The molecule has 0 aromatic rings. The molecule has 7 rings (SSSR count). The molecule has 258 valence electrons. The van der Waals surface area contributed by atoms with E-state index >= 15 is 0 Å². The van der Waals surface area contributed by atoms with Gasteiger partial charge in [-0.2, -0.15) is 0 Å². The number of ether oxygens (including phenoxy) is 5. The molecule has 4 aliphatic carbocycles. The molecule has 3 aliphatic heterocycles. The summed E-state index contributed by atoms with van der Waals surface area (Å²) in [7, 11) is 0. The van der Waals surface area contributed by atoms with Gasteiger partial charge in [0, 0.05) is 11.8 Å². The Bertz CT molecular complexity index is 1270. The molecule has 0 unspecified atom stereocenters. The van der Waals surface area contributed by atoms with Crippen LogP contribution in [0, 0.1) is 28.6 Å². The first-order valence-corrected chi connectivity index (χ1v) is 16.1. The number of esters is 2. The smallest absolute Gasteiger partial charge is 0.312 e. The number of rotatable bonds is 6. The Morgan fingerprint density at radius 3 is 2.13 bits per heavy atom. The highest BCUT2D eigenvalue weighted by atomic mass is 16.7. The average Bonchev–Trinajstić information content (AvgIpc) is 3.44. The lowest BCUT2D eigenvalue weighted by molar-refractivity contribution is -0.326. The first-order chi connectivity index (χ1) is 21.7. The van der Waals surface area contributed by atoms with Gasteiger partial charge in [-0.05, 0) is 62.9 Å². The number of aliphatic hydroxyl groups is 8. The molecular weight excluding hydrogens is 612 g/mol. The van der Waals surface area contributed by atoms with Crippen molar-refractivity contribution in [3.63, 3.8) is 0 Å². The molecule has 3 saturated heterocycles. The van der Waals surface area contributed by atoms with Gasteiger partial charge < -0.3 is 64.5 Å². The van der Waals surface area contributed by atoms with Crippen molar-refractivity contribution in [1.29, 1.82) is 0 Å². The van der Waals surface area contributed by atoms with E-state index in [9.17, 15) is 50.4 Å². The summed E-state index contributed by atoms with van der Waals surface area (Å²) in [6, 6.07) is 0. The van der Waals surface area contributed by atoms with Crippen molar-refractivity contribution in [3.05, 3.63) is 12.2 Å². The first-order valence-electron chi connectivity index (χ1n) is 16.1. The van der Waals surface area contributed by atoms with Crippen molar-refractivity contribution in [2.24, 2.45) is 28.6 Å². The predicted octanol–water partition coefficient (Wildman–Crippen LogP) is -2.64. The van der Waals surface area contributed by atoms with Crippen molar-refractivity contribution in [2.45, 2.75) is 124 Å². The zero-order valence-electron chi connectivity index (χ0n) is 25.5. The van der Waals surface area contributed by atoms with Crippen molar-refractivity contribution in [2.75, 3.05) is 13.2 Å². The Kier molecular flexibility index (Phi) is 7.75. The average molecular weight is 657 g/mol. The molecule has 15 nitrogen and oxygen atoms in total. The van der Waals surface area contributed by atoms with Crippen LogP contribution in [0.15, 0.2) is 12.2 Å². The molecule has 4 saturated carbocycles. The Hall–Kier alpha value is -1.76. The molecule has 3 heterocycles. The van der Waals surface area contributed by atoms with E-state index in [2.05, 4.69) is 6.58 Å². The molecule has 1 spiro atoms. The lowest BCUT2D eigenvalue weighted by Gasteiger charge is -2.49. The van der Waals surface area contributed by atoms with Crippen LogP contribution >= 0.6 is 0 Å². The second-order valence-electron chi connectivity index (χ2n) is 14.8. The molecule has 4 bridgehead atoms. The molecule has 46 heavy (non-hydrogen) atoms. The van der Waals surface area contributed by atoms with Gasteiger partial charge in [0.15, 0.2) is 6.29 Å². The Labute approximate surface area is 264 Å². The van der Waals surface area contributed by atoms with Crippen molar-refractivity contribution in [1.82, 2.24) is 0 Å². The van der Waals surface area contributed by atoms with Crippen LogP contribution in [-0.2, 0) is 33.3 Å². The van der Waals surface area contributed by atoms with E-state index in [0.29, 0.717) is 37.7 Å². The monoisotopic (exact) mass is 656 g/mol. The number of carbonyl (C=O) groups excluding carboxylic acids is 2. The maximum absolute atomic E-state index is 14.5. The normalized spacial score (nSPS) is 55.9. The van der Waals surface area contributed by atoms with Crippen LogP contribution in [0.4, 0.5) is 0 Å². The summed E-state index contributed by atoms with van der Waals surface area (Å²) in [4.78, 5) is 28.0. The highest BCUT2D eigenvalue weighted by Crippen LogP contribution is 2.79. The van der Waals surface area contributed by atoms with Crippen LogP contribution in [0.1, 0.15) is 51.9 Å². The molecule has 0 aromatic heterocycles. The third kappa shape index (κ3) is 4.17. The Balaban J connectivity index is 1.25. The van der Waals surface area contributed by atoms with Crippen molar-refractivity contribution in [3.8, 4) is 0 Å². The molecular formula is C31H44O15. The fourth-order valence-electron chi connectivity index (χ4n) is 10.6. The van der Waals surface area contributed by atoms with Gasteiger partial charge in [0.25, 0.3) is 0 Å². The lowest BCUT2D eigenvalue weighted by Crippen LogP contribution is -2.61. The summed E-state index contributed by atoms with van der Waals surface area (Å²) >= 11 is 0. The summed E-state index contributed by atoms with van der Waals surface area (Å²) in [5, 5.41) is 82.2. The minimum absolute atomic E-state index is 0.193. The molecule has 0 radical (unpaired) electrons. The van der Waals surface area contributed by atoms with Crippen LogP contribution in [-0.4, -0.2) is 139 Å². The van der Waals surface area contributed by atoms with Gasteiger partial charge in [0.2, 0.25) is 6.29 Å². The summed E-state index contributed by atoms with van der Waals surface area (Å²) in [6.07, 6.45) is -12.8. The van der Waals surface area contributed by atoms with Gasteiger partial charge in [-0.3, -0.25) is 9.59 Å². The van der Waals surface area contributed by atoms with E-state index in [0.717, 1.165) is 0 Å². The second-order valence-corrected chi connectivity index (χ2v) is 14.8. The van der Waals surface area contributed by atoms with E-state index in [1.807, 2.05) is 0 Å². The summed E-state index contributed by atoms with van der Waals surface area (Å²) in [5.74, 6) is -3.10. The van der Waals surface area contributed by atoms with Gasteiger partial charge in [0.1, 0.15) is 54.4 Å². The van der Waals surface area contributed by atoms with Gasteiger partial charge in [-0.15, -0.1) is 0 Å². The molecule has 0 aromatic carbocycles. The summed E-state index contributed by atoms with van der Waals surface area (Å²) in [6.45, 7) is 4.77. The van der Waals surface area contributed by atoms with Gasteiger partial charge in [0.05, 0.1) is 30.1 Å². The van der Waals surface area contributed by atoms with Crippen LogP contribution in [0.5, 0.6) is 0 Å². The van der Waals surface area contributed by atoms with Crippen LogP contribution in [0.3, 0.4) is 0 Å². The van der Waals surface area contributed by atoms with Crippen LogP contribution < -0.4 is 0 Å². The highest BCUT2D eigenvalue weighted by Gasteiger charge is 2.83. The highest BCUT2D eigenvalue weighted by molar-refractivity contribution is 5.85. The minimum atomic E-state index is -1.82. The molecule has 8 N–H and O–H groups in total. The molecule has 17 atom stereocenters. The van der Waals surface area contributed by atoms with E-state index in [4.69, 9.17) is 23.7 Å². The maximum Gasteiger partial charge on any atom is 0.312 e. The third-order valence-corrected chi connectivity index (χ3v) is 12.6. The number of hydrogen-bond donors (Lipinski definition) is 8. The van der Waals surface area contributed by atoms with E-state index in [-0.39, 0.29) is 24.7 Å². The number of fused-ring (bicyclic) bond motifs is 1. The van der Waals surface area contributed by atoms with Gasteiger partial charge in [-0.25, -0.2) is 0 Å². The Morgan fingerprint density at radius 2 is 1.50 bits per heavy atom. The topological polar surface area (TPSA) is 242 Å². The van der Waals surface area contributed by atoms with Crippen molar-refractivity contribution >= 4 is 11.9 Å². The van der Waals surface area contributed by atoms with E-state index in [1.54, 1.807) is 6.92 Å². The number of carbonyl (C=O) groups is 2. The van der Waals surface area contributed by atoms with Gasteiger partial charge >= 0.3 is 11.9 Å². The van der Waals surface area contributed by atoms with Crippen LogP contribution in [0.2, 0.25) is 0 Å². The minimum Gasteiger partial charge on any atom is -0.458 e. The predicted molar refractivity (Wildman–Crippen MR) is 149 cm³/mol. The summed E-state index contributed by atoms with van der Waals surface area (Å²) < 4.78 is 29.7. The zero-order chi connectivity index (χ0) is 33.1. The van der Waals surface area contributed by atoms with E-state index in [1.165, 1.54) is 0 Å². The Morgan fingerprint density at radius 1 is 0.891 bits per heavy atom. The molecule has 7 fully saturated rings. The molecule has 0 amide bonds. The number of aliphatic hydroxyl groups excluding tert-OH is 8. The SMILES string of the molecule is C=C1C[C@]23C[C@@]1(O[C@@H]1O[C@H](CO)[C@@H](O)[C@H](O)[C@H]1O)CC[C@H]2[C@@]12CCC[C@@](C)(C(=O)O1)[C@H]2[C@@H]3C(=O)O[C@@H]1O[C@H](CO)[C@@H](O)[C@H](O)[C@H]1O. The van der Waals surface area contributed by atoms with Crippen molar-refractivity contribution < 1.29 is 74.1 Å². The lowest BCUT2D eigenvalue weighted by atomic mass is 9.60. The van der Waals surface area contributed by atoms with Gasteiger partial charge in [-0.1, -0.05) is 6.58 Å². The first kappa shape index (κ1) is 32.8. The largest absolute Gasteiger partial charge is 0.458 e. The fraction of sp³-hybridized carbons (Fsp3) is 0.871. The maximum atomic E-state index is 14.5. The third-order valence-electron chi connectivity index (χ3n) is 12.6. The molecule has 15 heteroatoms. The second kappa shape index (κ2) is 10.9. The van der Waals surface area contributed by atoms with Crippen LogP contribution in [0.25, 0.3) is 0 Å². The standard InChI is InChI=1S/C31H44O15/c1-12-8-29-11-30(12,45-26-22(39)20(37)18(35)14(10-33)43-26)7-4-15(29)31-6-3-5-28(2,27(41)46-31)23(31)16(29)24(40)44-25-21(38)19(36)17(34)13(9-32)42-25/h13-23,25-26,32-39H,1,3-11H2,2H3/t13-,14-,15-,16-,17-,18-,19+,20+,21-,22-,23-,25+,26+,28-,29+,30+,31-/m1/s1.